The van der Waals surface area contributed by atoms with E-state index >= 15 is 0 Å². The molecule has 1 saturated heterocycles. The van der Waals surface area contributed by atoms with Crippen LogP contribution in [0, 0.1) is 0 Å². The van der Waals surface area contributed by atoms with Crippen molar-refractivity contribution in [3.8, 4) is 0 Å². The molecule has 0 bridgehead atoms. The van der Waals surface area contributed by atoms with Crippen LogP contribution in [0.5, 0.6) is 0 Å². The zero-order chi connectivity index (χ0) is 18.1. The van der Waals surface area contributed by atoms with Crippen molar-refractivity contribution < 1.29 is 72.8 Å². The van der Waals surface area contributed by atoms with Gasteiger partial charge in [-0.3, -0.25) is 28.6 Å². The minimum absolute atomic E-state index is 0. The Morgan fingerprint density at radius 3 is 2.28 bits per heavy atom. The summed E-state index contributed by atoms with van der Waals surface area (Å²) in [5.41, 5.74) is 0. The first-order valence-corrected chi connectivity index (χ1v) is 8.19. The molecule has 0 radical (unpaired) electrons. The topological polar surface area (TPSA) is 155 Å². The first-order chi connectivity index (χ1) is 11.1. The fraction of sp³-hybridized carbons (Fsp3) is 0.417. The summed E-state index contributed by atoms with van der Waals surface area (Å²) in [6, 6.07) is 0. The van der Waals surface area contributed by atoms with Crippen LogP contribution < -0.4 is 29.6 Å². The van der Waals surface area contributed by atoms with Gasteiger partial charge in [-0.2, -0.15) is 8.42 Å². The van der Waals surface area contributed by atoms with Crippen LogP contribution in [0.2, 0.25) is 0 Å². The van der Waals surface area contributed by atoms with Crippen LogP contribution in [0.25, 0.3) is 0 Å². The van der Waals surface area contributed by atoms with Crippen LogP contribution in [0.15, 0.2) is 12.2 Å². The summed E-state index contributed by atoms with van der Waals surface area (Å²) >= 11 is 0. The summed E-state index contributed by atoms with van der Waals surface area (Å²) < 4.78 is 30.7. The molecule has 13 heteroatoms. The SMILES string of the molecule is O=C(CCCN1C(=O)C=CC1=O)ON1C(=O)CC(S(=O)(=O)O)C1=O.[H-].[Na+]. The second-order valence-electron chi connectivity index (χ2n) is 4.96. The first kappa shape index (κ1) is 21.4. The Labute approximate surface area is 165 Å². The third kappa shape index (κ3) is 4.95. The number of hydroxylamine groups is 2. The Balaban J connectivity index is 0.00000312. The number of rotatable bonds is 6. The Hall–Kier alpha value is -1.60. The molecule has 0 aromatic rings. The standard InChI is InChI=1S/C12H12N2O9S.Na.H/c15-8-3-4-9(16)13(8)5-1-2-11(18)23-14-10(17)6-7(12(14)19)24(20,21)22;;/h3-4,7H,1-2,5-6H2,(H,20,21,22);;/q;+1;-1. The number of imide groups is 2. The summed E-state index contributed by atoms with van der Waals surface area (Å²) in [6.07, 6.45) is 1.03. The predicted octanol–water partition coefficient (Wildman–Crippen LogP) is -4.72. The monoisotopic (exact) mass is 384 g/mol. The zero-order valence-electron chi connectivity index (χ0n) is 14.1. The molecule has 25 heavy (non-hydrogen) atoms. The molecular formula is C12H13N2NaO9S. The van der Waals surface area contributed by atoms with Gasteiger partial charge in [0.15, 0.2) is 5.25 Å². The molecule has 0 saturated carbocycles. The Kier molecular flexibility index (Phi) is 7.02. The summed E-state index contributed by atoms with van der Waals surface area (Å²) in [5, 5.41) is -2.00. The number of amides is 4. The average molecular weight is 384 g/mol. The number of carbonyl (C=O) groups excluding carboxylic acids is 5. The van der Waals surface area contributed by atoms with E-state index in [0.717, 1.165) is 17.1 Å². The molecule has 1 atom stereocenters. The van der Waals surface area contributed by atoms with Crippen LogP contribution in [0.3, 0.4) is 0 Å². The summed E-state index contributed by atoms with van der Waals surface area (Å²) in [5.74, 6) is -4.50. The van der Waals surface area contributed by atoms with Crippen LogP contribution >= 0.6 is 0 Å². The number of hydrogen-bond acceptors (Lipinski definition) is 8. The molecule has 2 heterocycles. The molecule has 2 rings (SSSR count). The molecule has 0 aromatic carbocycles. The Bertz CT molecular complexity index is 749. The van der Waals surface area contributed by atoms with Gasteiger partial charge in [-0.15, -0.1) is 5.06 Å². The molecule has 132 valence electrons. The van der Waals surface area contributed by atoms with E-state index in [0.29, 0.717) is 0 Å². The van der Waals surface area contributed by atoms with Crippen molar-refractivity contribution in [2.75, 3.05) is 6.54 Å². The Morgan fingerprint density at radius 2 is 1.80 bits per heavy atom. The predicted molar refractivity (Wildman–Crippen MR) is 74.1 cm³/mol. The molecule has 0 spiro atoms. The van der Waals surface area contributed by atoms with E-state index in [1.165, 1.54) is 0 Å². The van der Waals surface area contributed by atoms with Gasteiger partial charge in [0.2, 0.25) is 0 Å². The van der Waals surface area contributed by atoms with Crippen molar-refractivity contribution in [2.45, 2.75) is 24.5 Å². The maximum absolute atomic E-state index is 11.6. The average Bonchev–Trinajstić information content (AvgIpc) is 2.94. The number of nitrogens with zero attached hydrogens (tertiary/aromatic N) is 2. The second-order valence-corrected chi connectivity index (χ2v) is 6.56. The van der Waals surface area contributed by atoms with Crippen molar-refractivity contribution in [3.63, 3.8) is 0 Å². The van der Waals surface area contributed by atoms with Gasteiger partial charge in [0.05, 0.1) is 6.42 Å². The van der Waals surface area contributed by atoms with E-state index in [2.05, 4.69) is 4.84 Å². The third-order valence-corrected chi connectivity index (χ3v) is 4.37. The van der Waals surface area contributed by atoms with Gasteiger partial charge < -0.3 is 6.26 Å². The Morgan fingerprint density at radius 1 is 1.24 bits per heavy atom. The maximum atomic E-state index is 11.6. The summed E-state index contributed by atoms with van der Waals surface area (Å²) in [4.78, 5) is 62.7. The van der Waals surface area contributed by atoms with Gasteiger partial charge in [-0.25, -0.2) is 4.79 Å². The number of hydrogen-bond donors (Lipinski definition) is 1. The first-order valence-electron chi connectivity index (χ1n) is 6.68. The van der Waals surface area contributed by atoms with Gasteiger partial charge in [-0.05, 0) is 6.42 Å². The summed E-state index contributed by atoms with van der Waals surface area (Å²) in [7, 11) is -4.79. The van der Waals surface area contributed by atoms with Crippen molar-refractivity contribution in [2.24, 2.45) is 0 Å². The van der Waals surface area contributed by atoms with E-state index in [9.17, 15) is 32.4 Å². The van der Waals surface area contributed by atoms with E-state index in [1.807, 2.05) is 0 Å². The molecule has 1 N–H and O–H groups in total. The van der Waals surface area contributed by atoms with Gasteiger partial charge in [0, 0.05) is 25.1 Å². The van der Waals surface area contributed by atoms with Gasteiger partial charge in [-0.1, -0.05) is 0 Å². The van der Waals surface area contributed by atoms with Crippen molar-refractivity contribution in [1.82, 2.24) is 9.96 Å². The fourth-order valence-corrected chi connectivity index (χ4v) is 2.80. The molecular weight excluding hydrogens is 371 g/mol. The maximum Gasteiger partial charge on any atom is 1.00 e. The number of carbonyl (C=O) groups is 5. The molecule has 2 aliphatic heterocycles. The minimum Gasteiger partial charge on any atom is -1.00 e. The van der Waals surface area contributed by atoms with Gasteiger partial charge in [0.25, 0.3) is 33.7 Å². The molecule has 1 fully saturated rings. The van der Waals surface area contributed by atoms with E-state index in [-0.39, 0.29) is 55.4 Å². The zero-order valence-corrected chi connectivity index (χ0v) is 15.9. The third-order valence-electron chi connectivity index (χ3n) is 3.28. The van der Waals surface area contributed by atoms with Crippen molar-refractivity contribution in [1.29, 1.82) is 0 Å². The van der Waals surface area contributed by atoms with Crippen LogP contribution in [0.4, 0.5) is 0 Å². The van der Waals surface area contributed by atoms with Crippen molar-refractivity contribution >= 4 is 39.7 Å². The van der Waals surface area contributed by atoms with Crippen LogP contribution in [-0.2, 0) is 38.9 Å². The van der Waals surface area contributed by atoms with E-state index in [1.54, 1.807) is 0 Å². The molecule has 4 amide bonds. The molecule has 0 aromatic heterocycles. The fourth-order valence-electron chi connectivity index (χ4n) is 2.09. The molecule has 1 unspecified atom stereocenters. The van der Waals surface area contributed by atoms with Crippen LogP contribution in [-0.4, -0.2) is 64.3 Å². The quantitative estimate of drug-likeness (QED) is 0.270. The second kappa shape index (κ2) is 8.19. The normalized spacial score (nSPS) is 20.3. The van der Waals surface area contributed by atoms with Gasteiger partial charge in [0.1, 0.15) is 0 Å². The smallest absolute Gasteiger partial charge is 1.00 e. The van der Waals surface area contributed by atoms with E-state index in [4.69, 9.17) is 4.55 Å². The molecule has 0 aliphatic carbocycles. The van der Waals surface area contributed by atoms with Crippen molar-refractivity contribution in [3.05, 3.63) is 12.2 Å². The summed E-state index contributed by atoms with van der Waals surface area (Å²) in [6.45, 7) is -0.0602. The largest absolute Gasteiger partial charge is 1.00 e. The minimum atomic E-state index is -4.79. The molecule has 11 nitrogen and oxygen atoms in total. The van der Waals surface area contributed by atoms with E-state index < -0.39 is 51.4 Å². The molecule has 2 aliphatic rings. The van der Waals surface area contributed by atoms with Crippen LogP contribution in [0.1, 0.15) is 20.7 Å². The van der Waals surface area contributed by atoms with Gasteiger partial charge >= 0.3 is 35.5 Å².